The van der Waals surface area contributed by atoms with Crippen LogP contribution in [0.2, 0.25) is 0 Å². The molecule has 0 bridgehead atoms. The van der Waals surface area contributed by atoms with Crippen LogP contribution in [0.25, 0.3) is 0 Å². The van der Waals surface area contributed by atoms with Gasteiger partial charge in [0.1, 0.15) is 0 Å². The number of hydrogen-bond donors (Lipinski definition) is 0. The zero-order valence-corrected chi connectivity index (χ0v) is 10.5. The normalized spacial score (nSPS) is 10.3. The molecular formula is C10H12BrClS. The molecule has 0 nitrogen and oxygen atoms in total. The Kier molecular flexibility index (Phi) is 5.92. The predicted molar refractivity (Wildman–Crippen MR) is 64.8 cm³/mol. The van der Waals surface area contributed by atoms with Crippen LogP contribution in [-0.2, 0) is 0 Å². The second-order valence-electron chi connectivity index (χ2n) is 2.67. The van der Waals surface area contributed by atoms with Crippen LogP contribution < -0.4 is 0 Å². The lowest BCUT2D eigenvalue weighted by Crippen LogP contribution is -1.82. The maximum absolute atomic E-state index is 5.60. The Labute approximate surface area is 97.2 Å². The minimum Gasteiger partial charge on any atom is -0.127 e. The lowest BCUT2D eigenvalue weighted by molar-refractivity contribution is 0.903. The third-order valence-corrected chi connectivity index (χ3v) is 4.00. The summed E-state index contributed by atoms with van der Waals surface area (Å²) in [4.78, 5) is 1.32. The van der Waals surface area contributed by atoms with Crippen molar-refractivity contribution in [1.82, 2.24) is 0 Å². The number of thioether (sulfide) groups is 1. The van der Waals surface area contributed by atoms with Gasteiger partial charge < -0.3 is 0 Å². The van der Waals surface area contributed by atoms with Gasteiger partial charge in [0, 0.05) is 15.2 Å². The fourth-order valence-electron chi connectivity index (χ4n) is 0.940. The molecule has 0 aliphatic heterocycles. The van der Waals surface area contributed by atoms with Gasteiger partial charge in [-0.1, -0.05) is 12.1 Å². The first-order chi connectivity index (χ1) is 6.34. The highest BCUT2D eigenvalue weighted by Crippen LogP contribution is 2.27. The highest BCUT2D eigenvalue weighted by Gasteiger charge is 1.97. The summed E-state index contributed by atoms with van der Waals surface area (Å²) in [5.74, 6) is 1.92. The summed E-state index contributed by atoms with van der Waals surface area (Å²) in [7, 11) is 0. The summed E-state index contributed by atoms with van der Waals surface area (Å²) in [6, 6.07) is 8.31. The number of halogens is 2. The van der Waals surface area contributed by atoms with E-state index in [2.05, 4.69) is 34.1 Å². The number of benzene rings is 1. The zero-order valence-electron chi connectivity index (χ0n) is 7.30. The van der Waals surface area contributed by atoms with Gasteiger partial charge in [-0.2, -0.15) is 0 Å². The van der Waals surface area contributed by atoms with Crippen molar-refractivity contribution in [3.8, 4) is 0 Å². The smallest absolute Gasteiger partial charge is 0.0311 e. The Morgan fingerprint density at radius 2 is 2.00 bits per heavy atom. The van der Waals surface area contributed by atoms with E-state index in [0.717, 1.165) is 18.1 Å². The summed E-state index contributed by atoms with van der Waals surface area (Å²) in [5, 5.41) is 0. The van der Waals surface area contributed by atoms with Gasteiger partial charge in [0.2, 0.25) is 0 Å². The molecule has 0 amide bonds. The molecule has 1 rings (SSSR count). The minimum absolute atomic E-state index is 0.774. The second kappa shape index (κ2) is 6.74. The first kappa shape index (κ1) is 11.4. The molecule has 0 saturated carbocycles. The first-order valence-electron chi connectivity index (χ1n) is 4.28. The van der Waals surface area contributed by atoms with Gasteiger partial charge in [0.25, 0.3) is 0 Å². The monoisotopic (exact) mass is 278 g/mol. The molecule has 0 N–H and O–H groups in total. The van der Waals surface area contributed by atoms with E-state index in [-0.39, 0.29) is 0 Å². The van der Waals surface area contributed by atoms with E-state index in [9.17, 15) is 0 Å². The van der Waals surface area contributed by atoms with Crippen LogP contribution in [0.15, 0.2) is 33.6 Å². The van der Waals surface area contributed by atoms with Crippen molar-refractivity contribution in [2.75, 3.05) is 11.6 Å². The average Bonchev–Trinajstić information content (AvgIpc) is 2.15. The fourth-order valence-corrected chi connectivity index (χ4v) is 2.71. The lowest BCUT2D eigenvalue weighted by atomic mass is 10.4. The van der Waals surface area contributed by atoms with Crippen LogP contribution in [0.4, 0.5) is 0 Å². The molecule has 1 aromatic carbocycles. The molecule has 3 heteroatoms. The highest BCUT2D eigenvalue weighted by atomic mass is 79.9. The molecule has 0 saturated heterocycles. The first-order valence-corrected chi connectivity index (χ1v) is 6.59. The molecule has 0 heterocycles. The van der Waals surface area contributed by atoms with Crippen molar-refractivity contribution in [2.24, 2.45) is 0 Å². The largest absolute Gasteiger partial charge is 0.127 e. The van der Waals surface area contributed by atoms with E-state index in [0.29, 0.717) is 0 Å². The summed E-state index contributed by atoms with van der Waals surface area (Å²) in [6.07, 6.45) is 2.30. The summed E-state index contributed by atoms with van der Waals surface area (Å²) < 4.78 is 1.19. The number of alkyl halides is 1. The van der Waals surface area contributed by atoms with E-state index in [1.807, 2.05) is 17.8 Å². The molecular weight excluding hydrogens is 268 g/mol. The van der Waals surface area contributed by atoms with E-state index in [4.69, 9.17) is 11.6 Å². The molecule has 0 aromatic heterocycles. The SMILES string of the molecule is ClCCCCSc1ccccc1Br. The van der Waals surface area contributed by atoms with Crippen molar-refractivity contribution in [2.45, 2.75) is 17.7 Å². The van der Waals surface area contributed by atoms with E-state index in [1.54, 1.807) is 0 Å². The van der Waals surface area contributed by atoms with Gasteiger partial charge in [-0.25, -0.2) is 0 Å². The van der Waals surface area contributed by atoms with Crippen molar-refractivity contribution in [3.05, 3.63) is 28.7 Å². The Morgan fingerprint density at radius 3 is 2.69 bits per heavy atom. The molecule has 0 unspecified atom stereocenters. The Hall–Kier alpha value is 0.340. The standard InChI is InChI=1S/C10H12BrClS/c11-9-5-1-2-6-10(9)13-8-4-3-7-12/h1-2,5-6H,3-4,7-8H2. The average molecular weight is 280 g/mol. The van der Waals surface area contributed by atoms with E-state index < -0.39 is 0 Å². The van der Waals surface area contributed by atoms with Crippen molar-refractivity contribution in [3.63, 3.8) is 0 Å². The van der Waals surface area contributed by atoms with Crippen molar-refractivity contribution in [1.29, 1.82) is 0 Å². The summed E-state index contributed by atoms with van der Waals surface area (Å²) >= 11 is 11.0. The van der Waals surface area contributed by atoms with Gasteiger partial charge in [0.15, 0.2) is 0 Å². The molecule has 0 aliphatic rings. The second-order valence-corrected chi connectivity index (χ2v) is 5.04. The molecule has 0 spiro atoms. The van der Waals surface area contributed by atoms with Gasteiger partial charge in [-0.3, -0.25) is 0 Å². The number of hydrogen-bond acceptors (Lipinski definition) is 1. The fraction of sp³-hybridized carbons (Fsp3) is 0.400. The molecule has 0 radical (unpaired) electrons. The molecule has 1 aromatic rings. The van der Waals surface area contributed by atoms with Crippen LogP contribution in [0.3, 0.4) is 0 Å². The zero-order chi connectivity index (χ0) is 9.52. The van der Waals surface area contributed by atoms with Crippen LogP contribution in [0, 0.1) is 0 Å². The van der Waals surface area contributed by atoms with Crippen molar-refractivity contribution >= 4 is 39.3 Å². The van der Waals surface area contributed by atoms with Gasteiger partial charge in [0.05, 0.1) is 0 Å². The molecule has 72 valence electrons. The molecule has 0 atom stereocenters. The van der Waals surface area contributed by atoms with Crippen LogP contribution in [0.1, 0.15) is 12.8 Å². The Bertz CT molecular complexity index is 252. The lowest BCUT2D eigenvalue weighted by Gasteiger charge is -2.02. The molecule has 0 fully saturated rings. The van der Waals surface area contributed by atoms with Gasteiger partial charge >= 0.3 is 0 Å². The molecule has 13 heavy (non-hydrogen) atoms. The van der Waals surface area contributed by atoms with Crippen molar-refractivity contribution < 1.29 is 0 Å². The van der Waals surface area contributed by atoms with E-state index >= 15 is 0 Å². The third kappa shape index (κ3) is 4.39. The molecule has 0 aliphatic carbocycles. The predicted octanol–water partition coefficient (Wildman–Crippen LogP) is 4.56. The quantitative estimate of drug-likeness (QED) is 0.432. The van der Waals surface area contributed by atoms with Crippen LogP contribution in [-0.4, -0.2) is 11.6 Å². The minimum atomic E-state index is 0.774. The summed E-state index contributed by atoms with van der Waals surface area (Å²) in [5.41, 5.74) is 0. The Balaban J connectivity index is 2.32. The Morgan fingerprint density at radius 1 is 1.23 bits per heavy atom. The summed E-state index contributed by atoms with van der Waals surface area (Å²) in [6.45, 7) is 0. The van der Waals surface area contributed by atoms with Crippen LogP contribution in [0.5, 0.6) is 0 Å². The van der Waals surface area contributed by atoms with Gasteiger partial charge in [-0.15, -0.1) is 23.4 Å². The maximum atomic E-state index is 5.60. The number of rotatable bonds is 5. The maximum Gasteiger partial charge on any atom is 0.0311 e. The number of unbranched alkanes of at least 4 members (excludes halogenated alkanes) is 1. The van der Waals surface area contributed by atoms with Crippen LogP contribution >= 0.6 is 39.3 Å². The third-order valence-electron chi connectivity index (χ3n) is 1.62. The van der Waals surface area contributed by atoms with E-state index in [1.165, 1.54) is 15.8 Å². The topological polar surface area (TPSA) is 0 Å². The highest BCUT2D eigenvalue weighted by molar-refractivity contribution is 9.10. The van der Waals surface area contributed by atoms with Gasteiger partial charge in [-0.05, 0) is 46.7 Å².